The van der Waals surface area contributed by atoms with E-state index in [0.717, 1.165) is 0 Å². The number of hydrogen-bond acceptors (Lipinski definition) is 5. The molecule has 0 aliphatic carbocycles. The zero-order valence-corrected chi connectivity index (χ0v) is 14.5. The molecule has 2 atom stereocenters. The first kappa shape index (κ1) is 20.0. The van der Waals surface area contributed by atoms with Crippen LogP contribution in [0.3, 0.4) is 0 Å². The Morgan fingerprint density at radius 2 is 2.21 bits per heavy atom. The van der Waals surface area contributed by atoms with Crippen molar-refractivity contribution in [2.24, 2.45) is 5.73 Å². The number of amides is 1. The Kier molecular flexibility index (Phi) is 7.73. The van der Waals surface area contributed by atoms with E-state index in [4.69, 9.17) is 5.73 Å². The molecule has 0 radical (unpaired) electrons. The first-order valence-electron chi connectivity index (χ1n) is 7.49. The van der Waals surface area contributed by atoms with Gasteiger partial charge in [0.05, 0.1) is 0 Å². The highest BCUT2D eigenvalue weighted by Gasteiger charge is 2.24. The van der Waals surface area contributed by atoms with Crippen LogP contribution in [0.25, 0.3) is 0 Å². The van der Waals surface area contributed by atoms with Gasteiger partial charge in [0.2, 0.25) is 5.91 Å². The maximum Gasteiger partial charge on any atom is 0.245 e. The number of tetrazole rings is 1. The molecule has 0 bridgehead atoms. The number of carbonyl (C=O) groups excluding carboxylic acids is 1. The van der Waals surface area contributed by atoms with Crippen molar-refractivity contribution in [1.82, 2.24) is 25.5 Å². The summed E-state index contributed by atoms with van der Waals surface area (Å²) in [5.41, 5.74) is 6.38. The van der Waals surface area contributed by atoms with Crippen LogP contribution in [0.4, 0.5) is 4.39 Å². The summed E-state index contributed by atoms with van der Waals surface area (Å²) in [4.78, 5) is 12.5. The molecule has 1 amide bonds. The van der Waals surface area contributed by atoms with Crippen molar-refractivity contribution >= 4 is 18.3 Å². The molecule has 2 unspecified atom stereocenters. The molecule has 0 aliphatic heterocycles. The normalized spacial score (nSPS) is 13.0. The van der Waals surface area contributed by atoms with Crippen molar-refractivity contribution in [2.75, 3.05) is 6.54 Å². The average Bonchev–Trinajstić information content (AvgIpc) is 2.90. The molecule has 0 aliphatic rings. The number of carbonyl (C=O) groups is 1. The van der Waals surface area contributed by atoms with E-state index in [9.17, 15) is 9.18 Å². The van der Waals surface area contributed by atoms with Gasteiger partial charge in [-0.1, -0.05) is 12.1 Å². The van der Waals surface area contributed by atoms with E-state index in [1.165, 1.54) is 16.8 Å². The smallest absolute Gasteiger partial charge is 0.245 e. The molecule has 2 rings (SSSR count). The van der Waals surface area contributed by atoms with Crippen LogP contribution in [0.1, 0.15) is 30.8 Å². The number of hydrogen-bond donors (Lipinski definition) is 2. The maximum absolute atomic E-state index is 13.4. The molecule has 0 saturated heterocycles. The van der Waals surface area contributed by atoms with Crippen LogP contribution in [0.2, 0.25) is 0 Å². The number of nitrogens with one attached hydrogen (secondary N) is 1. The largest absolute Gasteiger partial charge is 0.354 e. The molecule has 0 saturated carbocycles. The van der Waals surface area contributed by atoms with Crippen LogP contribution in [-0.4, -0.2) is 38.7 Å². The third kappa shape index (κ3) is 5.54. The van der Waals surface area contributed by atoms with Gasteiger partial charge in [0.15, 0.2) is 0 Å². The summed E-state index contributed by atoms with van der Waals surface area (Å²) in [6.07, 6.45) is 0.973. The molecular weight excluding hydrogens is 335 g/mol. The second-order valence-electron chi connectivity index (χ2n) is 5.58. The van der Waals surface area contributed by atoms with Gasteiger partial charge in [-0.3, -0.25) is 4.79 Å². The van der Waals surface area contributed by atoms with Crippen molar-refractivity contribution in [1.29, 1.82) is 0 Å². The minimum Gasteiger partial charge on any atom is -0.354 e. The molecule has 2 aromatic rings. The predicted molar refractivity (Wildman–Crippen MR) is 90.2 cm³/mol. The fourth-order valence-electron chi connectivity index (χ4n) is 2.24. The Morgan fingerprint density at radius 1 is 1.46 bits per heavy atom. The fourth-order valence-corrected chi connectivity index (χ4v) is 2.24. The quantitative estimate of drug-likeness (QED) is 0.776. The lowest BCUT2D eigenvalue weighted by Crippen LogP contribution is -2.37. The molecule has 9 heteroatoms. The van der Waals surface area contributed by atoms with Gasteiger partial charge >= 0.3 is 0 Å². The van der Waals surface area contributed by atoms with Gasteiger partial charge < -0.3 is 11.1 Å². The Balaban J connectivity index is 0.00000288. The summed E-state index contributed by atoms with van der Waals surface area (Å²) in [5.74, 6) is -0.0360. The van der Waals surface area contributed by atoms with Crippen LogP contribution >= 0.6 is 12.4 Å². The van der Waals surface area contributed by atoms with Crippen LogP contribution < -0.4 is 11.1 Å². The zero-order chi connectivity index (χ0) is 16.8. The first-order chi connectivity index (χ1) is 11.0. The minimum absolute atomic E-state index is 0. The van der Waals surface area contributed by atoms with Crippen LogP contribution in [0.15, 0.2) is 24.3 Å². The monoisotopic (exact) mass is 356 g/mol. The number of nitrogens with zero attached hydrogens (tertiary/aromatic N) is 4. The second-order valence-corrected chi connectivity index (χ2v) is 5.58. The van der Waals surface area contributed by atoms with Gasteiger partial charge in [0.25, 0.3) is 0 Å². The molecule has 1 aromatic heterocycles. The van der Waals surface area contributed by atoms with E-state index in [-0.39, 0.29) is 30.2 Å². The number of benzene rings is 1. The number of aryl methyl sites for hydroxylation is 1. The lowest BCUT2D eigenvalue weighted by atomic mass is 10.0. The predicted octanol–water partition coefficient (Wildman–Crippen LogP) is 1.18. The third-order valence-electron chi connectivity index (χ3n) is 3.47. The molecule has 1 heterocycles. The summed E-state index contributed by atoms with van der Waals surface area (Å²) in [7, 11) is 0. The third-order valence-corrected chi connectivity index (χ3v) is 3.47. The minimum atomic E-state index is -0.639. The molecule has 0 spiro atoms. The summed E-state index contributed by atoms with van der Waals surface area (Å²) < 4.78 is 14.8. The van der Waals surface area contributed by atoms with E-state index in [2.05, 4.69) is 20.8 Å². The van der Waals surface area contributed by atoms with Crippen molar-refractivity contribution in [3.8, 4) is 0 Å². The molecule has 132 valence electrons. The molecule has 24 heavy (non-hydrogen) atoms. The Bertz CT molecular complexity index is 663. The Morgan fingerprint density at radius 3 is 2.79 bits per heavy atom. The van der Waals surface area contributed by atoms with Gasteiger partial charge in [-0.25, -0.2) is 9.07 Å². The van der Waals surface area contributed by atoms with Crippen LogP contribution in [0, 0.1) is 12.7 Å². The highest BCUT2D eigenvalue weighted by atomic mass is 35.5. The van der Waals surface area contributed by atoms with Crippen molar-refractivity contribution < 1.29 is 9.18 Å². The molecule has 3 N–H and O–H groups in total. The highest BCUT2D eigenvalue weighted by Crippen LogP contribution is 2.16. The molecule has 1 aromatic carbocycles. The number of aromatic nitrogens is 4. The molecule has 0 fully saturated rings. The summed E-state index contributed by atoms with van der Waals surface area (Å²) in [5, 5.41) is 14.1. The summed E-state index contributed by atoms with van der Waals surface area (Å²) in [6, 6.07) is 5.52. The molecule has 7 nitrogen and oxygen atoms in total. The topological polar surface area (TPSA) is 98.7 Å². The highest BCUT2D eigenvalue weighted by molar-refractivity contribution is 5.85. The lowest BCUT2D eigenvalue weighted by Gasteiger charge is -2.18. The van der Waals surface area contributed by atoms with Crippen molar-refractivity contribution in [3.05, 3.63) is 41.5 Å². The van der Waals surface area contributed by atoms with Crippen molar-refractivity contribution in [3.63, 3.8) is 0 Å². The van der Waals surface area contributed by atoms with E-state index >= 15 is 0 Å². The number of halogens is 2. The van der Waals surface area contributed by atoms with Gasteiger partial charge in [-0.15, -0.1) is 17.5 Å². The SMILES string of the molecule is Cc1nnnn1C(Cc1cccc(F)c1)C(=O)NCCC(C)N.Cl. The van der Waals surface area contributed by atoms with Gasteiger partial charge in [0.1, 0.15) is 17.7 Å². The van der Waals surface area contributed by atoms with E-state index in [1.807, 2.05) is 6.92 Å². The first-order valence-corrected chi connectivity index (χ1v) is 7.49. The standard InChI is InChI=1S/C15H21FN6O.ClH/c1-10(17)6-7-18-15(23)14(22-11(2)19-20-21-22)9-12-4-3-5-13(16)8-12;/h3-5,8,10,14H,6-7,9,17H2,1-2H3,(H,18,23);1H. The maximum atomic E-state index is 13.4. The lowest BCUT2D eigenvalue weighted by molar-refractivity contribution is -0.124. The zero-order valence-electron chi connectivity index (χ0n) is 13.6. The van der Waals surface area contributed by atoms with E-state index < -0.39 is 6.04 Å². The average molecular weight is 357 g/mol. The van der Waals surface area contributed by atoms with Crippen LogP contribution in [-0.2, 0) is 11.2 Å². The van der Waals surface area contributed by atoms with Gasteiger partial charge in [-0.2, -0.15) is 0 Å². The van der Waals surface area contributed by atoms with E-state index in [1.54, 1.807) is 19.1 Å². The van der Waals surface area contributed by atoms with Crippen LogP contribution in [0.5, 0.6) is 0 Å². The Labute approximate surface area is 146 Å². The summed E-state index contributed by atoms with van der Waals surface area (Å²) >= 11 is 0. The van der Waals surface area contributed by atoms with E-state index in [0.29, 0.717) is 30.8 Å². The van der Waals surface area contributed by atoms with Crippen molar-refractivity contribution in [2.45, 2.75) is 38.8 Å². The van der Waals surface area contributed by atoms with Gasteiger partial charge in [0, 0.05) is 19.0 Å². The van der Waals surface area contributed by atoms with Gasteiger partial charge in [-0.05, 0) is 48.4 Å². The summed E-state index contributed by atoms with van der Waals surface area (Å²) in [6.45, 7) is 4.06. The second kappa shape index (κ2) is 9.29. The molecular formula is C15H22ClFN6O. The Hall–Kier alpha value is -2.06. The number of rotatable bonds is 7. The number of nitrogens with two attached hydrogens (primary N) is 1. The fraction of sp³-hybridized carbons (Fsp3) is 0.467.